The molecule has 0 atom stereocenters. The van der Waals surface area contributed by atoms with E-state index in [4.69, 9.17) is 38.3 Å². The number of benzene rings is 2. The zero-order valence-corrected chi connectivity index (χ0v) is 25.2. The summed E-state index contributed by atoms with van der Waals surface area (Å²) in [5.41, 5.74) is 4.71. The van der Waals surface area contributed by atoms with Crippen molar-refractivity contribution in [2.45, 2.75) is 18.8 Å². The van der Waals surface area contributed by atoms with Gasteiger partial charge in [0.1, 0.15) is 13.2 Å². The van der Waals surface area contributed by atoms with Crippen LogP contribution < -0.4 is 5.32 Å². The van der Waals surface area contributed by atoms with Gasteiger partial charge in [0, 0.05) is 18.9 Å². The van der Waals surface area contributed by atoms with Crippen molar-refractivity contribution in [3.63, 3.8) is 0 Å². The maximum Gasteiger partial charge on any atom is 0.407 e. The molecule has 2 aromatic carbocycles. The van der Waals surface area contributed by atoms with Crippen LogP contribution in [-0.2, 0) is 47.5 Å². The number of carbonyl (C=O) groups is 4. The summed E-state index contributed by atoms with van der Waals surface area (Å²) in [7, 11) is 0. The van der Waals surface area contributed by atoms with E-state index in [1.54, 1.807) is 0 Å². The summed E-state index contributed by atoms with van der Waals surface area (Å²) in [5.74, 6) is -3.23. The van der Waals surface area contributed by atoms with Gasteiger partial charge >= 0.3 is 18.0 Å². The fourth-order valence-corrected chi connectivity index (χ4v) is 4.47. The summed E-state index contributed by atoms with van der Waals surface area (Å²) >= 11 is 0. The predicted octanol–water partition coefficient (Wildman–Crippen LogP) is 2.59. The molecule has 0 unspecified atom stereocenters. The minimum Gasteiger partial charge on any atom is -0.476 e. The SMILES string of the molecule is O=C(CCC(=O)C(=O)O)OCCOCCOCCOCCOCCOCCNC(=O)OCC1c2ccccc2-c2ccccc21. The molecule has 2 N–H and O–H groups in total. The van der Waals surface area contributed by atoms with Crippen molar-refractivity contribution in [2.24, 2.45) is 0 Å². The Morgan fingerprint density at radius 3 is 1.58 bits per heavy atom. The first-order valence-electron chi connectivity index (χ1n) is 14.9. The lowest BCUT2D eigenvalue weighted by Crippen LogP contribution is -2.29. The van der Waals surface area contributed by atoms with Crippen LogP contribution in [-0.4, -0.2) is 115 Å². The second-order valence-electron chi connectivity index (χ2n) is 9.76. The number of carbonyl (C=O) groups excluding carboxylic acids is 3. The van der Waals surface area contributed by atoms with E-state index in [0.29, 0.717) is 66.0 Å². The number of carboxylic acid groups (broad SMARTS) is 1. The molecule has 0 saturated heterocycles. The molecular formula is C32H41NO12. The molecule has 0 heterocycles. The van der Waals surface area contributed by atoms with Crippen LogP contribution in [0.5, 0.6) is 0 Å². The molecule has 3 rings (SSSR count). The van der Waals surface area contributed by atoms with E-state index in [1.165, 1.54) is 22.3 Å². The van der Waals surface area contributed by atoms with E-state index in [9.17, 15) is 19.2 Å². The monoisotopic (exact) mass is 631 g/mol. The van der Waals surface area contributed by atoms with Gasteiger partial charge in [-0.15, -0.1) is 0 Å². The average molecular weight is 632 g/mol. The maximum absolute atomic E-state index is 12.2. The summed E-state index contributed by atoms with van der Waals surface area (Å²) in [6.07, 6.45) is -1.15. The Labute approximate surface area is 262 Å². The van der Waals surface area contributed by atoms with E-state index in [2.05, 4.69) is 29.6 Å². The van der Waals surface area contributed by atoms with Crippen LogP contribution >= 0.6 is 0 Å². The third-order valence-electron chi connectivity index (χ3n) is 6.63. The summed E-state index contributed by atoms with van der Waals surface area (Å²) in [6.45, 7) is 4.14. The number of amides is 1. The molecular weight excluding hydrogens is 590 g/mol. The Hall–Kier alpha value is -3.88. The van der Waals surface area contributed by atoms with Crippen molar-refractivity contribution in [3.05, 3.63) is 59.7 Å². The number of nitrogens with one attached hydrogen (secondary N) is 1. The lowest BCUT2D eigenvalue weighted by atomic mass is 9.98. The smallest absolute Gasteiger partial charge is 0.407 e. The Balaban J connectivity index is 1.04. The van der Waals surface area contributed by atoms with Crippen molar-refractivity contribution < 1.29 is 57.4 Å². The molecule has 0 aliphatic heterocycles. The highest BCUT2D eigenvalue weighted by molar-refractivity contribution is 6.32. The van der Waals surface area contributed by atoms with Crippen molar-refractivity contribution in [3.8, 4) is 11.1 Å². The van der Waals surface area contributed by atoms with Crippen LogP contribution in [0.2, 0.25) is 0 Å². The second kappa shape index (κ2) is 21.0. The number of hydrogen-bond donors (Lipinski definition) is 2. The number of fused-ring (bicyclic) bond motifs is 3. The molecule has 0 fully saturated rings. The highest BCUT2D eigenvalue weighted by Crippen LogP contribution is 2.44. The third-order valence-corrected chi connectivity index (χ3v) is 6.63. The molecule has 13 nitrogen and oxygen atoms in total. The molecule has 0 aromatic heterocycles. The Bertz CT molecular complexity index is 1170. The molecule has 2 aromatic rings. The first-order chi connectivity index (χ1) is 22.0. The highest BCUT2D eigenvalue weighted by atomic mass is 16.6. The molecule has 0 bridgehead atoms. The van der Waals surface area contributed by atoms with Gasteiger partial charge in [0.15, 0.2) is 0 Å². The first-order valence-corrected chi connectivity index (χ1v) is 14.9. The number of aliphatic carboxylic acids is 1. The van der Waals surface area contributed by atoms with Crippen molar-refractivity contribution >= 4 is 23.8 Å². The van der Waals surface area contributed by atoms with Crippen molar-refractivity contribution in [1.29, 1.82) is 0 Å². The Morgan fingerprint density at radius 1 is 0.600 bits per heavy atom. The maximum atomic E-state index is 12.2. The molecule has 13 heteroatoms. The van der Waals surface area contributed by atoms with Crippen LogP contribution in [0.25, 0.3) is 11.1 Å². The lowest BCUT2D eigenvalue weighted by Gasteiger charge is -2.14. The van der Waals surface area contributed by atoms with Crippen LogP contribution in [0.4, 0.5) is 4.79 Å². The van der Waals surface area contributed by atoms with Crippen LogP contribution in [0.1, 0.15) is 29.9 Å². The van der Waals surface area contributed by atoms with Crippen LogP contribution in [0.3, 0.4) is 0 Å². The minimum atomic E-state index is -1.57. The fraction of sp³-hybridized carbons (Fsp3) is 0.500. The van der Waals surface area contributed by atoms with Gasteiger partial charge in [-0.1, -0.05) is 48.5 Å². The zero-order chi connectivity index (χ0) is 32.1. The number of alkyl carbamates (subject to hydrolysis) is 1. The lowest BCUT2D eigenvalue weighted by molar-refractivity contribution is -0.151. The number of hydrogen-bond acceptors (Lipinski definition) is 11. The van der Waals surface area contributed by atoms with Gasteiger partial charge in [-0.3, -0.25) is 9.59 Å². The van der Waals surface area contributed by atoms with Gasteiger partial charge in [-0.25, -0.2) is 9.59 Å². The molecule has 1 amide bonds. The first kappa shape index (κ1) is 35.6. The minimum absolute atomic E-state index is 0.00638. The molecule has 1 aliphatic carbocycles. The van der Waals surface area contributed by atoms with Gasteiger partial charge < -0.3 is 43.6 Å². The Morgan fingerprint density at radius 2 is 1.07 bits per heavy atom. The normalized spacial score (nSPS) is 11.9. The van der Waals surface area contributed by atoms with Crippen LogP contribution in [0, 0.1) is 0 Å². The fourth-order valence-electron chi connectivity index (χ4n) is 4.47. The molecule has 0 radical (unpaired) electrons. The number of carboxylic acids is 1. The van der Waals surface area contributed by atoms with E-state index in [-0.39, 0.29) is 32.2 Å². The molecule has 246 valence electrons. The summed E-state index contributed by atoms with van der Waals surface area (Å²) in [6, 6.07) is 16.4. The topological polar surface area (TPSA) is 165 Å². The average Bonchev–Trinajstić information content (AvgIpc) is 3.37. The zero-order valence-electron chi connectivity index (χ0n) is 25.2. The Kier molecular flexibility index (Phi) is 16.6. The number of ether oxygens (including phenoxy) is 7. The third kappa shape index (κ3) is 13.3. The van der Waals surface area contributed by atoms with Gasteiger partial charge in [-0.2, -0.15) is 0 Å². The largest absolute Gasteiger partial charge is 0.476 e. The molecule has 1 aliphatic rings. The summed E-state index contributed by atoms with van der Waals surface area (Å²) in [4.78, 5) is 44.8. The van der Waals surface area contributed by atoms with E-state index >= 15 is 0 Å². The second-order valence-corrected chi connectivity index (χ2v) is 9.76. The van der Waals surface area contributed by atoms with E-state index in [1.807, 2.05) is 24.3 Å². The number of ketones is 1. The van der Waals surface area contributed by atoms with Gasteiger partial charge in [0.2, 0.25) is 5.78 Å². The summed E-state index contributed by atoms with van der Waals surface area (Å²) < 4.78 is 37.3. The highest BCUT2D eigenvalue weighted by Gasteiger charge is 2.28. The number of Topliss-reactive ketones (excluding diaryl/α,β-unsaturated/α-hetero) is 1. The van der Waals surface area contributed by atoms with Gasteiger partial charge in [-0.05, 0) is 22.3 Å². The van der Waals surface area contributed by atoms with Crippen molar-refractivity contribution in [2.75, 3.05) is 85.8 Å². The summed E-state index contributed by atoms with van der Waals surface area (Å²) in [5, 5.41) is 11.2. The molecule has 0 saturated carbocycles. The quantitative estimate of drug-likeness (QED) is 0.0990. The number of rotatable bonds is 24. The molecule has 0 spiro atoms. The number of esters is 1. The standard InChI is InChI=1S/C32H41NO12/c34-29(31(36)37)9-10-30(35)44-22-21-43-20-19-42-18-17-41-16-15-40-14-13-39-12-11-33-32(38)45-23-28-26-7-3-1-5-24(26)25-6-2-4-8-27(25)28/h1-8,28H,9-23H2,(H,33,38)(H,36,37). The van der Waals surface area contributed by atoms with Gasteiger partial charge in [0.25, 0.3) is 0 Å². The van der Waals surface area contributed by atoms with E-state index in [0.717, 1.165) is 0 Å². The van der Waals surface area contributed by atoms with Crippen molar-refractivity contribution in [1.82, 2.24) is 5.32 Å². The van der Waals surface area contributed by atoms with E-state index < -0.39 is 30.2 Å². The van der Waals surface area contributed by atoms with Crippen LogP contribution in [0.15, 0.2) is 48.5 Å². The molecule has 45 heavy (non-hydrogen) atoms. The predicted molar refractivity (Wildman–Crippen MR) is 160 cm³/mol. The van der Waals surface area contributed by atoms with Gasteiger partial charge in [0.05, 0.1) is 72.5 Å².